The third-order valence-electron chi connectivity index (χ3n) is 6.56. The average Bonchev–Trinajstić information content (AvgIpc) is 3.40. The van der Waals surface area contributed by atoms with E-state index in [-0.39, 0.29) is 11.9 Å². The number of carboxylic acid groups (broad SMARTS) is 1. The molecule has 5 rings (SSSR count). The number of likely N-dealkylation sites (tertiary alicyclic amines) is 1. The van der Waals surface area contributed by atoms with E-state index in [4.69, 9.17) is 10.7 Å². The van der Waals surface area contributed by atoms with Crippen LogP contribution in [-0.2, 0) is 17.8 Å². The molecule has 1 aromatic carbocycles. The van der Waals surface area contributed by atoms with Crippen molar-refractivity contribution in [3.63, 3.8) is 0 Å². The fourth-order valence-corrected chi connectivity index (χ4v) is 4.64. The van der Waals surface area contributed by atoms with Gasteiger partial charge in [0.25, 0.3) is 0 Å². The van der Waals surface area contributed by atoms with Crippen molar-refractivity contribution in [1.82, 2.24) is 34.8 Å². The van der Waals surface area contributed by atoms with E-state index in [0.29, 0.717) is 35.7 Å². The molecule has 11 nitrogen and oxygen atoms in total. The highest BCUT2D eigenvalue weighted by Gasteiger charge is 2.25. The summed E-state index contributed by atoms with van der Waals surface area (Å²) in [5, 5.41) is 27.0. The summed E-state index contributed by atoms with van der Waals surface area (Å²) >= 11 is 0. The molecule has 0 radical (unpaired) electrons. The first kappa shape index (κ1) is 25.0. The van der Waals surface area contributed by atoms with Gasteiger partial charge in [-0.25, -0.2) is 14.6 Å². The van der Waals surface area contributed by atoms with Crippen LogP contribution in [0.25, 0.3) is 22.6 Å². The Labute approximate surface area is 219 Å². The Bertz CT molecular complexity index is 1490. The number of benzene rings is 1. The maximum atomic E-state index is 11.3. The Morgan fingerprint density at radius 3 is 2.74 bits per heavy atom. The third-order valence-corrected chi connectivity index (χ3v) is 6.56. The molecule has 0 bridgehead atoms. The zero-order chi connectivity index (χ0) is 26.5. The third kappa shape index (κ3) is 5.99. The predicted molar refractivity (Wildman–Crippen MR) is 139 cm³/mol. The minimum Gasteiger partial charge on any atom is -0.481 e. The van der Waals surface area contributed by atoms with E-state index in [9.17, 15) is 15.2 Å². The molecular weight excluding hydrogens is 482 g/mol. The number of hydrogen-bond donors (Lipinski definition) is 2. The zero-order valence-electron chi connectivity index (χ0n) is 20.7. The lowest BCUT2D eigenvalue weighted by molar-refractivity contribution is -0.143. The van der Waals surface area contributed by atoms with Crippen LogP contribution in [0.4, 0.5) is 5.95 Å². The quantitative estimate of drug-likeness (QED) is 0.361. The van der Waals surface area contributed by atoms with Gasteiger partial charge >= 0.3 is 5.97 Å². The highest BCUT2D eigenvalue weighted by molar-refractivity contribution is 5.70. The Balaban J connectivity index is 1.26. The van der Waals surface area contributed by atoms with Gasteiger partial charge < -0.3 is 15.7 Å². The molecule has 11 heteroatoms. The maximum absolute atomic E-state index is 11.3. The predicted octanol–water partition coefficient (Wildman–Crippen LogP) is 2.64. The number of piperidine rings is 1. The maximum Gasteiger partial charge on any atom is 0.307 e. The molecule has 1 unspecified atom stereocenters. The number of carboxylic acids is 1. The summed E-state index contributed by atoms with van der Waals surface area (Å²) < 4.78 is 1.69. The minimum absolute atomic E-state index is 0.104. The van der Waals surface area contributed by atoms with Gasteiger partial charge in [0.15, 0.2) is 0 Å². The first-order valence-electron chi connectivity index (χ1n) is 12.4. The number of anilines is 1. The number of nitrogens with two attached hydrogens (primary N) is 1. The number of hydrogen-bond acceptors (Lipinski definition) is 9. The van der Waals surface area contributed by atoms with Crippen molar-refractivity contribution >= 4 is 11.9 Å². The second-order valence-corrected chi connectivity index (χ2v) is 9.34. The van der Waals surface area contributed by atoms with Crippen molar-refractivity contribution in [2.24, 2.45) is 5.92 Å². The van der Waals surface area contributed by atoms with Crippen LogP contribution >= 0.6 is 0 Å². The number of aliphatic carboxylic acids is 1. The standard InChI is InChI=1S/C27H27N9O2/c28-14-18-4-1-5-19(12-18)23-13-24(32-27(29)31-23)25-17-36(34-33-25)16-22-8-2-7-21(30-22)9-11-35-10-3-6-20(15-35)26(37)38/h1-2,4-5,7-8,12-13,17,20H,3,6,9-11,15-16H2,(H,37,38)(H2,29,31,32). The summed E-state index contributed by atoms with van der Waals surface area (Å²) in [4.78, 5) is 26.9. The second kappa shape index (κ2) is 11.1. The van der Waals surface area contributed by atoms with E-state index in [1.165, 1.54) is 0 Å². The molecule has 1 aliphatic rings. The van der Waals surface area contributed by atoms with E-state index in [2.05, 4.69) is 31.2 Å². The van der Waals surface area contributed by atoms with Crippen molar-refractivity contribution in [3.8, 4) is 28.7 Å². The van der Waals surface area contributed by atoms with Gasteiger partial charge in [-0.3, -0.25) is 9.78 Å². The Morgan fingerprint density at radius 1 is 1.08 bits per heavy atom. The van der Waals surface area contributed by atoms with Crippen molar-refractivity contribution in [2.45, 2.75) is 25.8 Å². The van der Waals surface area contributed by atoms with E-state index < -0.39 is 5.97 Å². The summed E-state index contributed by atoms with van der Waals surface area (Å²) in [5.41, 5.74) is 10.7. The van der Waals surface area contributed by atoms with Crippen LogP contribution in [0.2, 0.25) is 0 Å². The topological polar surface area (TPSA) is 160 Å². The van der Waals surface area contributed by atoms with Gasteiger partial charge in [0.05, 0.1) is 47.4 Å². The number of nitrogen functional groups attached to an aromatic ring is 1. The molecule has 1 fully saturated rings. The van der Waals surface area contributed by atoms with Gasteiger partial charge in [-0.15, -0.1) is 5.10 Å². The molecule has 192 valence electrons. The molecule has 0 spiro atoms. The van der Waals surface area contributed by atoms with Gasteiger partial charge in [-0.05, 0) is 49.7 Å². The second-order valence-electron chi connectivity index (χ2n) is 9.34. The van der Waals surface area contributed by atoms with Crippen LogP contribution in [0, 0.1) is 17.2 Å². The lowest BCUT2D eigenvalue weighted by atomic mass is 9.98. The normalized spacial score (nSPS) is 15.7. The van der Waals surface area contributed by atoms with Crippen molar-refractivity contribution in [3.05, 3.63) is 71.7 Å². The zero-order valence-corrected chi connectivity index (χ0v) is 20.7. The minimum atomic E-state index is -0.712. The summed E-state index contributed by atoms with van der Waals surface area (Å²) in [5.74, 6) is -0.892. The fourth-order valence-electron chi connectivity index (χ4n) is 4.64. The molecule has 1 aliphatic heterocycles. The molecule has 3 aromatic heterocycles. The SMILES string of the molecule is N#Cc1cccc(-c2cc(-c3cn(Cc4cccc(CCN5CCCC(C(=O)O)C5)n4)nn3)nc(N)n2)c1. The molecule has 0 amide bonds. The van der Waals surface area contributed by atoms with Crippen LogP contribution in [0.3, 0.4) is 0 Å². The highest BCUT2D eigenvalue weighted by Crippen LogP contribution is 2.24. The molecule has 1 saturated heterocycles. The van der Waals surface area contributed by atoms with Crippen molar-refractivity contribution < 1.29 is 9.90 Å². The molecule has 38 heavy (non-hydrogen) atoms. The van der Waals surface area contributed by atoms with Crippen LogP contribution in [0.1, 0.15) is 29.8 Å². The number of carbonyl (C=O) groups is 1. The van der Waals surface area contributed by atoms with E-state index in [1.54, 1.807) is 35.1 Å². The summed E-state index contributed by atoms with van der Waals surface area (Å²) in [7, 11) is 0. The number of rotatable bonds is 8. The number of pyridine rings is 1. The van der Waals surface area contributed by atoms with Crippen LogP contribution in [0.5, 0.6) is 0 Å². The fraction of sp³-hybridized carbons (Fsp3) is 0.296. The van der Waals surface area contributed by atoms with Crippen LogP contribution in [-0.4, -0.2) is 65.6 Å². The molecule has 0 saturated carbocycles. The summed E-state index contributed by atoms with van der Waals surface area (Å²) in [6.07, 6.45) is 4.19. The van der Waals surface area contributed by atoms with E-state index >= 15 is 0 Å². The summed E-state index contributed by atoms with van der Waals surface area (Å²) in [6.45, 7) is 2.73. The Morgan fingerprint density at radius 2 is 1.89 bits per heavy atom. The molecule has 4 aromatic rings. The number of nitriles is 1. The first-order chi connectivity index (χ1) is 18.5. The van der Waals surface area contributed by atoms with Gasteiger partial charge in [0.1, 0.15) is 5.69 Å². The average molecular weight is 510 g/mol. The van der Waals surface area contributed by atoms with E-state index in [1.807, 2.05) is 24.3 Å². The monoisotopic (exact) mass is 509 g/mol. The number of nitrogens with zero attached hydrogens (tertiary/aromatic N) is 8. The molecular formula is C27H27N9O2. The van der Waals surface area contributed by atoms with Crippen LogP contribution in [0.15, 0.2) is 54.7 Å². The lowest BCUT2D eigenvalue weighted by Gasteiger charge is -2.30. The lowest BCUT2D eigenvalue weighted by Crippen LogP contribution is -2.39. The van der Waals surface area contributed by atoms with Gasteiger partial charge in [-0.1, -0.05) is 23.4 Å². The summed E-state index contributed by atoms with van der Waals surface area (Å²) in [6, 6.07) is 16.9. The molecule has 3 N–H and O–H groups in total. The van der Waals surface area contributed by atoms with Crippen molar-refractivity contribution in [1.29, 1.82) is 5.26 Å². The number of aromatic nitrogens is 6. The molecule has 4 heterocycles. The Hall–Kier alpha value is -4.69. The molecule has 1 atom stereocenters. The van der Waals surface area contributed by atoms with Gasteiger partial charge in [0.2, 0.25) is 5.95 Å². The van der Waals surface area contributed by atoms with Gasteiger partial charge in [-0.2, -0.15) is 5.26 Å². The van der Waals surface area contributed by atoms with E-state index in [0.717, 1.165) is 49.3 Å². The van der Waals surface area contributed by atoms with Crippen molar-refractivity contribution in [2.75, 3.05) is 25.4 Å². The smallest absolute Gasteiger partial charge is 0.307 e. The van der Waals surface area contributed by atoms with Gasteiger partial charge in [0, 0.05) is 30.8 Å². The first-order valence-corrected chi connectivity index (χ1v) is 12.4. The molecule has 0 aliphatic carbocycles. The highest BCUT2D eigenvalue weighted by atomic mass is 16.4. The largest absolute Gasteiger partial charge is 0.481 e. The Kier molecular flexibility index (Phi) is 7.33. The van der Waals surface area contributed by atoms with Crippen LogP contribution < -0.4 is 5.73 Å².